The Kier molecular flexibility index (Phi) is 47.2. The average molecular weight is 793 g/mol. The predicted molar refractivity (Wildman–Crippen MR) is 185 cm³/mol. The van der Waals surface area contributed by atoms with Crippen LogP contribution in [0.2, 0.25) is 0 Å². The molecule has 22 heteroatoms. The van der Waals surface area contributed by atoms with E-state index in [1.54, 1.807) is 31.4 Å². The zero-order valence-electron chi connectivity index (χ0n) is 31.4. The van der Waals surface area contributed by atoms with E-state index >= 15 is 0 Å². The zero-order chi connectivity index (χ0) is 34.8. The van der Waals surface area contributed by atoms with E-state index in [2.05, 4.69) is 9.05 Å². The molecule has 0 bridgehead atoms. The summed E-state index contributed by atoms with van der Waals surface area (Å²) in [7, 11) is -3.99. The third kappa shape index (κ3) is 34.9. The van der Waals surface area contributed by atoms with Gasteiger partial charge in [0, 0.05) is 58.6 Å². The van der Waals surface area contributed by atoms with Crippen LogP contribution in [0.1, 0.15) is 105 Å². The Labute approximate surface area is 364 Å². The van der Waals surface area contributed by atoms with Crippen molar-refractivity contribution in [1.82, 2.24) is 9.80 Å². The summed E-state index contributed by atoms with van der Waals surface area (Å²) in [5, 5.41) is 0. The molecule has 0 heterocycles. The van der Waals surface area contributed by atoms with Gasteiger partial charge in [0.25, 0.3) is 0 Å². The van der Waals surface area contributed by atoms with Crippen molar-refractivity contribution in [1.29, 1.82) is 0 Å². The van der Waals surface area contributed by atoms with Crippen molar-refractivity contribution in [3.05, 3.63) is 21.2 Å². The molecule has 0 aliphatic heterocycles. The van der Waals surface area contributed by atoms with Gasteiger partial charge >= 0.3 is 75.4 Å². The third-order valence-electron chi connectivity index (χ3n) is 6.68. The molecule has 0 aliphatic rings. The minimum absolute atomic E-state index is 0. The number of phosphoric ester groups is 2. The van der Waals surface area contributed by atoms with Crippen molar-refractivity contribution in [2.75, 3.05) is 37.8 Å². The number of carbonyl (C=O) groups is 2. The first-order chi connectivity index (χ1) is 21.8. The van der Waals surface area contributed by atoms with Crippen LogP contribution in [0.5, 0.6) is 0 Å². The fourth-order valence-corrected chi connectivity index (χ4v) is 8.97. The van der Waals surface area contributed by atoms with Gasteiger partial charge in [-0.3, -0.25) is 9.59 Å². The molecule has 0 N–H and O–H groups in total. The molecule has 12 nitrogen and oxygen atoms in total. The first-order valence-corrected chi connectivity index (χ1v) is 23.1. The molecule has 2 amide bonds. The van der Waals surface area contributed by atoms with Gasteiger partial charge in [0.15, 0.2) is 0 Å². The molecule has 0 saturated heterocycles. The van der Waals surface area contributed by atoms with Crippen LogP contribution in [-0.4, -0.2) is 60.4 Å². The Balaban J connectivity index is -0.00000169. The summed E-state index contributed by atoms with van der Waals surface area (Å²) in [6.07, 6.45) is 12.4. The number of phosphoric acid groups is 2. The van der Waals surface area contributed by atoms with Crippen molar-refractivity contribution >= 4 is 71.6 Å². The number of hydrogen-bond acceptors (Lipinski definition) is 14. The molecular weight excluding hydrogens is 742 g/mol. The topological polar surface area (TPSA) is 185 Å². The van der Waals surface area contributed by atoms with Crippen LogP contribution in [0.25, 0.3) is 0 Å². The Morgan fingerprint density at radius 2 is 0.860 bits per heavy atom. The minimum Gasteiger partial charge on any atom is -0.790 e. The standard InChI is InChI=1S/C28H54N2O10P2S4.4Li/c1-5-43-45-27(17-21-39-41(33,34)35)25(3)29(23-31)19-15-13-11-9-7-8-10-12-14-16-20-30(24-32)26(4)28(46-44-6-2)18-22-40-42(36,37)38;;;;/h23-24H,5-22H2,1-4H3,(H2,33,34,35)(H2,36,37,38);;;;/q;4*+1/p-4/b27-25-,28-26-;;;;. The van der Waals surface area contributed by atoms with Crippen LogP contribution in [-0.2, 0) is 27.8 Å². The number of allylic oxidation sites excluding steroid dienone is 2. The molecular formula is C28H50Li4N2O10P2S4. The Bertz CT molecular complexity index is 953. The van der Waals surface area contributed by atoms with E-state index in [-0.39, 0.29) is 101 Å². The Hall–Kier alpha value is 2.43. The molecule has 0 rings (SSSR count). The summed E-state index contributed by atoms with van der Waals surface area (Å²) in [6.45, 7) is 8.28. The molecule has 0 aromatic rings. The van der Waals surface area contributed by atoms with Gasteiger partial charge in [-0.05, 0) is 26.7 Å². The van der Waals surface area contributed by atoms with Gasteiger partial charge in [0.05, 0.1) is 28.9 Å². The van der Waals surface area contributed by atoms with E-state index in [0.717, 1.165) is 110 Å². The normalized spacial score (nSPS) is 12.2. The summed E-state index contributed by atoms with van der Waals surface area (Å²) in [5.74, 6) is 1.67. The number of carbonyl (C=O) groups excluding carboxylic acids is 2. The summed E-state index contributed by atoms with van der Waals surface area (Å²) in [4.78, 5) is 71.5. The van der Waals surface area contributed by atoms with Gasteiger partial charge in [0.2, 0.25) is 12.8 Å². The molecule has 0 unspecified atom stereocenters. The van der Waals surface area contributed by atoms with Gasteiger partial charge in [-0.1, -0.05) is 108 Å². The van der Waals surface area contributed by atoms with Crippen LogP contribution in [0.3, 0.4) is 0 Å². The quantitative estimate of drug-likeness (QED) is 0.0212. The second kappa shape index (κ2) is 38.3. The molecule has 0 aromatic carbocycles. The molecule has 270 valence electrons. The fraction of sp³-hybridized carbons (Fsp3) is 0.786. The van der Waals surface area contributed by atoms with Crippen molar-refractivity contribution < 1.29 is 123 Å². The van der Waals surface area contributed by atoms with Gasteiger partial charge < -0.3 is 47.6 Å². The number of hydrogen-bond donors (Lipinski definition) is 0. The first-order valence-electron chi connectivity index (χ1n) is 15.5. The van der Waals surface area contributed by atoms with E-state index < -0.39 is 15.6 Å². The third-order valence-corrected chi connectivity index (χ3v) is 13.1. The summed E-state index contributed by atoms with van der Waals surface area (Å²) in [5.41, 5.74) is 1.49. The van der Waals surface area contributed by atoms with Crippen LogP contribution in [0, 0.1) is 0 Å². The summed E-state index contributed by atoms with van der Waals surface area (Å²) < 4.78 is 30.3. The Morgan fingerprint density at radius 1 is 0.580 bits per heavy atom. The maximum Gasteiger partial charge on any atom is 1.00 e. The maximum absolute atomic E-state index is 11.7. The van der Waals surface area contributed by atoms with Gasteiger partial charge in [0.1, 0.15) is 0 Å². The molecule has 0 saturated carbocycles. The summed E-state index contributed by atoms with van der Waals surface area (Å²) >= 11 is 0. The molecule has 50 heavy (non-hydrogen) atoms. The fourth-order valence-electron chi connectivity index (χ4n) is 4.22. The van der Waals surface area contributed by atoms with Crippen LogP contribution >= 0.6 is 58.8 Å². The summed E-state index contributed by atoms with van der Waals surface area (Å²) in [6, 6.07) is 0. The van der Waals surface area contributed by atoms with Gasteiger partial charge in [-0.25, -0.2) is 0 Å². The van der Waals surface area contributed by atoms with Crippen LogP contribution < -0.4 is 95.0 Å². The van der Waals surface area contributed by atoms with Crippen LogP contribution in [0.15, 0.2) is 21.2 Å². The molecule has 0 atom stereocenters. The molecule has 0 aliphatic carbocycles. The van der Waals surface area contributed by atoms with E-state index in [1.165, 1.54) is 21.6 Å². The van der Waals surface area contributed by atoms with Gasteiger partial charge in [-0.15, -0.1) is 0 Å². The van der Waals surface area contributed by atoms with Crippen molar-refractivity contribution in [2.24, 2.45) is 0 Å². The van der Waals surface area contributed by atoms with Crippen LogP contribution in [0.4, 0.5) is 0 Å². The minimum atomic E-state index is -5.03. The second-order valence-corrected chi connectivity index (χ2v) is 17.9. The molecule has 0 aromatic heterocycles. The van der Waals surface area contributed by atoms with E-state index in [1.807, 2.05) is 27.7 Å². The predicted octanol–water partition coefficient (Wildman–Crippen LogP) is -6.44. The zero-order valence-corrected chi connectivity index (χ0v) is 36.4. The maximum atomic E-state index is 11.7. The smallest absolute Gasteiger partial charge is 0.790 e. The number of amides is 2. The number of nitrogens with zero attached hydrogens (tertiary/aromatic N) is 2. The number of unbranched alkanes of at least 4 members (excludes halogenated alkanes) is 9. The average Bonchev–Trinajstić information content (AvgIpc) is 2.99. The van der Waals surface area contributed by atoms with E-state index in [9.17, 15) is 38.3 Å². The SMILES string of the molecule is CCSS/C(CCOP(=O)([O-])[O-])=C(/C)N(C=O)CCCCCCCCCCCCN(C=O)/C(C)=C(/CCOP(=O)([O-])[O-])SSCC.[Li+].[Li+].[Li+].[Li+]. The Morgan fingerprint density at radius 3 is 1.10 bits per heavy atom. The van der Waals surface area contributed by atoms with E-state index in [4.69, 9.17) is 0 Å². The van der Waals surface area contributed by atoms with Crippen molar-refractivity contribution in [3.8, 4) is 0 Å². The molecule has 0 spiro atoms. The molecule has 0 fully saturated rings. The first kappa shape index (κ1) is 61.6. The molecule has 0 radical (unpaired) electrons. The van der Waals surface area contributed by atoms with Gasteiger partial charge in [-0.2, -0.15) is 0 Å². The largest absolute Gasteiger partial charge is 1.00 e. The van der Waals surface area contributed by atoms with E-state index in [0.29, 0.717) is 13.1 Å². The number of rotatable bonds is 31. The van der Waals surface area contributed by atoms with Crippen molar-refractivity contribution in [2.45, 2.75) is 105 Å². The van der Waals surface area contributed by atoms with Crippen molar-refractivity contribution in [3.63, 3.8) is 0 Å². The monoisotopic (exact) mass is 792 g/mol. The second-order valence-electron chi connectivity index (χ2n) is 10.2.